The summed E-state index contributed by atoms with van der Waals surface area (Å²) < 4.78 is 36.2. The van der Waals surface area contributed by atoms with Crippen molar-refractivity contribution in [3.8, 4) is 0 Å². The molecule has 0 saturated carbocycles. The van der Waals surface area contributed by atoms with Crippen molar-refractivity contribution in [2.45, 2.75) is 196 Å². The molecular weight excluding hydrogens is 1190 g/mol. The van der Waals surface area contributed by atoms with Gasteiger partial charge in [-0.3, -0.25) is 30.0 Å². The Balaban J connectivity index is 0.000000418. The van der Waals surface area contributed by atoms with E-state index in [1.54, 1.807) is 44.6 Å². The van der Waals surface area contributed by atoms with Crippen molar-refractivity contribution in [2.24, 2.45) is 10.8 Å². The van der Waals surface area contributed by atoms with E-state index < -0.39 is 48.8 Å². The molecule has 6 rings (SSSR count). The van der Waals surface area contributed by atoms with Gasteiger partial charge in [0.15, 0.2) is 6.29 Å². The predicted molar refractivity (Wildman–Crippen MR) is 334 cm³/mol. The van der Waals surface area contributed by atoms with E-state index in [1.165, 1.54) is 10.0 Å². The van der Waals surface area contributed by atoms with Crippen LogP contribution in [0.25, 0.3) is 0 Å². The van der Waals surface area contributed by atoms with Crippen molar-refractivity contribution in [3.63, 3.8) is 0 Å². The maximum Gasteiger partial charge on any atom is 1.00 e. The molecule has 0 unspecified atom stereocenters. The number of aryl methyl sites for hydroxylation is 4. The number of hydrogen-bond donors (Lipinski definition) is 2. The van der Waals surface area contributed by atoms with E-state index in [4.69, 9.17) is 33.2 Å². The summed E-state index contributed by atoms with van der Waals surface area (Å²) in [5, 5.41) is 11.3. The van der Waals surface area contributed by atoms with Gasteiger partial charge in [-0.25, -0.2) is 10.0 Å². The van der Waals surface area contributed by atoms with Crippen molar-refractivity contribution >= 4 is 80.7 Å². The third kappa shape index (κ3) is 17.9. The van der Waals surface area contributed by atoms with Crippen LogP contribution in [0, 0.1) is 38.5 Å². The van der Waals surface area contributed by atoms with E-state index in [2.05, 4.69) is 84.3 Å². The number of rotatable bonds is 14. The average Bonchev–Trinajstić information content (AvgIpc) is 4.04. The minimum absolute atomic E-state index is 0. The normalized spacial score (nSPS) is 16.6. The van der Waals surface area contributed by atoms with Crippen LogP contribution in [0.5, 0.6) is 0 Å². The van der Waals surface area contributed by atoms with Gasteiger partial charge in [-0.1, -0.05) is 134 Å². The Labute approximate surface area is 535 Å². The molecule has 4 aromatic rings. The summed E-state index contributed by atoms with van der Waals surface area (Å²) in [4.78, 5) is 55.5. The van der Waals surface area contributed by atoms with E-state index >= 15 is 0 Å². The van der Waals surface area contributed by atoms with Gasteiger partial charge in [0.25, 0.3) is 23.6 Å². The largest absolute Gasteiger partial charge is 1.00 e. The first-order chi connectivity index (χ1) is 37.8. The summed E-state index contributed by atoms with van der Waals surface area (Å²) >= 11 is 7.20. The molecule has 0 radical (unpaired) electrons. The first kappa shape index (κ1) is 73.8. The molecule has 4 aromatic carbocycles. The van der Waals surface area contributed by atoms with E-state index in [0.717, 1.165) is 40.4 Å². The Morgan fingerprint density at radius 2 is 0.819 bits per heavy atom. The number of amides is 4. The molecule has 2 saturated heterocycles. The zero-order valence-corrected chi connectivity index (χ0v) is 59.1. The minimum Gasteiger partial charge on any atom is -0.857 e. The summed E-state index contributed by atoms with van der Waals surface area (Å²) in [6.07, 6.45) is 0.642. The SMILES string of the molecule is CC[C@@H](N(NC(=O)c1ccc(C(Br)Br)c(B2OC(C)(C)C(C)(C)O2)c1)C(=O)c1cc(C)cc(C)c1)C(C)(C)C.CC[C@@H](N(NC(=O)c1ccc(C(OC)OC)c(B2OC(C)(C)C(C)(C)O2)c1)C(=O)c1cc(C)cc(C)c1)C(C)(C)C.C[O-].[Na+]. The summed E-state index contributed by atoms with van der Waals surface area (Å²) in [6, 6.07) is 21.6. The third-order valence-corrected chi connectivity index (χ3v) is 16.8. The number of halogens is 2. The zero-order chi connectivity index (χ0) is 62.4. The summed E-state index contributed by atoms with van der Waals surface area (Å²) in [7, 11) is 2.45. The van der Waals surface area contributed by atoms with Gasteiger partial charge < -0.3 is 33.2 Å². The van der Waals surface area contributed by atoms with Gasteiger partial charge >= 0.3 is 43.8 Å². The molecule has 15 nitrogen and oxygen atoms in total. The number of benzene rings is 4. The molecule has 0 aromatic heterocycles. The van der Waals surface area contributed by atoms with Gasteiger partial charge in [-0.15, -0.1) is 0 Å². The molecular formula is C63H91B2Br2N4NaO11. The molecule has 450 valence electrons. The van der Waals surface area contributed by atoms with Crippen LogP contribution >= 0.6 is 31.9 Å². The smallest absolute Gasteiger partial charge is 0.857 e. The van der Waals surface area contributed by atoms with Crippen LogP contribution in [0.2, 0.25) is 0 Å². The fourth-order valence-electron chi connectivity index (χ4n) is 10.3. The summed E-state index contributed by atoms with van der Waals surface area (Å²) in [5.74, 6) is -1.28. The van der Waals surface area contributed by atoms with Gasteiger partial charge in [-0.2, -0.15) is 7.11 Å². The zero-order valence-electron chi connectivity index (χ0n) is 53.9. The van der Waals surface area contributed by atoms with Gasteiger partial charge in [0.05, 0.1) is 38.2 Å². The molecule has 2 heterocycles. The van der Waals surface area contributed by atoms with Gasteiger partial charge in [0.1, 0.15) is 0 Å². The second-order valence-electron chi connectivity index (χ2n) is 25.5. The predicted octanol–water partition coefficient (Wildman–Crippen LogP) is 8.49. The second-order valence-corrected chi connectivity index (χ2v) is 28.6. The number of hydrogen-bond acceptors (Lipinski definition) is 11. The van der Waals surface area contributed by atoms with Gasteiger partial charge in [0.2, 0.25) is 0 Å². The number of nitrogens with one attached hydrogen (secondary N) is 2. The molecule has 0 bridgehead atoms. The number of methoxy groups -OCH3 is 2. The Kier molecular flexibility index (Phi) is 26.2. The van der Waals surface area contributed by atoms with Gasteiger partial charge in [-0.05, 0) is 172 Å². The van der Waals surface area contributed by atoms with Gasteiger partial charge in [0, 0.05) is 42.0 Å². The van der Waals surface area contributed by atoms with Crippen LogP contribution in [0.15, 0.2) is 72.8 Å². The van der Waals surface area contributed by atoms with Crippen LogP contribution in [0.1, 0.15) is 208 Å². The average molecular weight is 1280 g/mol. The molecule has 2 aliphatic heterocycles. The standard InChI is InChI=1S/C32H47BN2O6.C30H41BBr2N2O4.CH3O.Na/c1-13-26(30(4,5)6)35(28(37)23-17-20(2)16-21(3)18-23)34-27(36)22-14-15-24(29(38-11)39-12)25(19-22)33-40-31(7,8)32(9,10)41-33;1-11-24(28(4,5)6)35(27(37)21-15-18(2)14-19(3)16-21)34-26(36)20-12-13-22(25(32)33)23(17-20)31-38-29(7,8)30(9,10)39-31;1-2;/h14-19,26,29H,13H2,1-12H3,(H,34,36);12-17,24-25H,11H2,1-10H3,(H,34,36);1H3;/q;;-1;+1/t26-;24-;;/m11../s1. The number of nitrogens with zero attached hydrogens (tertiary/aromatic N) is 2. The maximum atomic E-state index is 13.9. The molecule has 0 spiro atoms. The first-order valence-corrected chi connectivity index (χ1v) is 29.9. The Hall–Kier alpha value is -3.43. The van der Waals surface area contributed by atoms with Crippen LogP contribution in [0.4, 0.5) is 0 Å². The number of carbonyl (C=O) groups is 4. The number of hydrazine groups is 2. The van der Waals surface area contributed by atoms with Crippen LogP contribution in [0.3, 0.4) is 0 Å². The fraction of sp³-hybridized carbons (Fsp3) is 0.556. The van der Waals surface area contributed by atoms with Crippen molar-refractivity contribution in [2.75, 3.05) is 21.3 Å². The number of carbonyl (C=O) groups excluding carboxylic acids is 4. The fourth-order valence-corrected chi connectivity index (χ4v) is 11.1. The first-order valence-electron chi connectivity index (χ1n) is 28.0. The van der Waals surface area contributed by atoms with E-state index in [1.807, 2.05) is 139 Å². The molecule has 2 atom stereocenters. The molecule has 83 heavy (non-hydrogen) atoms. The minimum atomic E-state index is -0.749. The third-order valence-electron chi connectivity index (χ3n) is 15.8. The topological polar surface area (TPSA) is 177 Å². The Bertz CT molecular complexity index is 2830. The molecule has 2 fully saturated rings. The quantitative estimate of drug-likeness (QED) is 0.0536. The van der Waals surface area contributed by atoms with Crippen LogP contribution in [-0.4, -0.2) is 104 Å². The van der Waals surface area contributed by atoms with Crippen LogP contribution in [-0.2, 0) is 28.1 Å². The molecule has 2 aliphatic rings. The van der Waals surface area contributed by atoms with Crippen molar-refractivity contribution in [1.29, 1.82) is 0 Å². The summed E-state index contributed by atoms with van der Waals surface area (Å²) in [6.45, 7) is 40.2. The van der Waals surface area contributed by atoms with Crippen molar-refractivity contribution in [3.05, 3.63) is 128 Å². The van der Waals surface area contributed by atoms with Crippen LogP contribution < -0.4 is 56.4 Å². The summed E-state index contributed by atoms with van der Waals surface area (Å²) in [5.41, 5.74) is 11.9. The Morgan fingerprint density at radius 1 is 0.530 bits per heavy atom. The molecule has 2 N–H and O–H groups in total. The van der Waals surface area contributed by atoms with Crippen molar-refractivity contribution < 1.29 is 81.9 Å². The van der Waals surface area contributed by atoms with E-state index in [9.17, 15) is 19.2 Å². The molecule has 0 aliphatic carbocycles. The number of ether oxygens (including phenoxy) is 2. The monoisotopic (exact) mass is 1280 g/mol. The number of alkyl halides is 2. The van der Waals surface area contributed by atoms with Crippen molar-refractivity contribution in [1.82, 2.24) is 20.9 Å². The molecule has 4 amide bonds. The maximum absolute atomic E-state index is 13.9. The van der Waals surface area contributed by atoms with E-state index in [0.29, 0.717) is 46.1 Å². The second kappa shape index (κ2) is 29.5. The Morgan fingerprint density at radius 3 is 1.08 bits per heavy atom. The van der Waals surface area contributed by atoms with E-state index in [-0.39, 0.29) is 73.9 Å². The molecule has 20 heteroatoms.